The summed E-state index contributed by atoms with van der Waals surface area (Å²) in [6.07, 6.45) is -1.41. The summed E-state index contributed by atoms with van der Waals surface area (Å²) in [7, 11) is 0. The highest BCUT2D eigenvalue weighted by molar-refractivity contribution is 6.31. The molecule has 1 aromatic heterocycles. The van der Waals surface area contributed by atoms with Crippen LogP contribution in [0.1, 0.15) is 44.0 Å². The first-order chi connectivity index (χ1) is 10.2. The van der Waals surface area contributed by atoms with Crippen LogP contribution in [0, 0.1) is 6.92 Å². The molecular weight excluding hydrogens is 319 g/mol. The second-order valence-electron chi connectivity index (χ2n) is 5.65. The van der Waals surface area contributed by atoms with Gasteiger partial charge in [0.2, 0.25) is 5.91 Å². The Morgan fingerprint density at radius 2 is 2.09 bits per heavy atom. The summed E-state index contributed by atoms with van der Waals surface area (Å²) in [5.74, 6) is -0.0493. The van der Waals surface area contributed by atoms with Crippen molar-refractivity contribution in [2.75, 3.05) is 6.54 Å². The average Bonchev–Trinajstić information content (AvgIpc) is 2.73. The van der Waals surface area contributed by atoms with Gasteiger partial charge in [-0.1, -0.05) is 11.6 Å². The molecule has 0 unspecified atom stereocenters. The predicted molar refractivity (Wildman–Crippen MR) is 76.6 cm³/mol. The van der Waals surface area contributed by atoms with Gasteiger partial charge in [-0.05, 0) is 33.1 Å². The van der Waals surface area contributed by atoms with Gasteiger partial charge in [0.25, 0.3) is 0 Å². The van der Waals surface area contributed by atoms with E-state index in [1.807, 2.05) is 6.92 Å². The van der Waals surface area contributed by atoms with E-state index in [0.29, 0.717) is 6.54 Å². The van der Waals surface area contributed by atoms with Crippen molar-refractivity contribution in [2.24, 2.45) is 0 Å². The van der Waals surface area contributed by atoms with Gasteiger partial charge >= 0.3 is 6.18 Å². The molecule has 1 aliphatic heterocycles. The van der Waals surface area contributed by atoms with Gasteiger partial charge in [0, 0.05) is 19.0 Å². The van der Waals surface area contributed by atoms with Crippen molar-refractivity contribution < 1.29 is 18.0 Å². The molecule has 0 aromatic carbocycles. The average molecular weight is 338 g/mol. The predicted octanol–water partition coefficient (Wildman–Crippen LogP) is 3.65. The Morgan fingerprint density at radius 1 is 1.41 bits per heavy atom. The zero-order valence-corrected chi connectivity index (χ0v) is 13.3. The highest BCUT2D eigenvalue weighted by Gasteiger charge is 2.38. The van der Waals surface area contributed by atoms with E-state index in [2.05, 4.69) is 5.10 Å². The van der Waals surface area contributed by atoms with Gasteiger partial charge in [-0.3, -0.25) is 9.48 Å². The van der Waals surface area contributed by atoms with E-state index in [1.165, 1.54) is 6.92 Å². The van der Waals surface area contributed by atoms with Crippen LogP contribution in [0.15, 0.2) is 0 Å². The fraction of sp³-hybridized carbons (Fsp3) is 0.714. The van der Waals surface area contributed by atoms with Gasteiger partial charge in [0.15, 0.2) is 5.69 Å². The first kappa shape index (κ1) is 17.1. The number of carbonyl (C=O) groups is 1. The number of hydrogen-bond donors (Lipinski definition) is 0. The molecule has 1 aromatic rings. The number of aryl methyl sites for hydroxylation is 1. The number of nitrogens with zero attached hydrogens (tertiary/aromatic N) is 3. The SMILES string of the molecule is Cc1c(Cl)c(C(F)(F)F)nn1CCC(=O)N1CCCC[C@H]1C. The Kier molecular flexibility index (Phi) is 5.04. The van der Waals surface area contributed by atoms with Crippen LogP contribution < -0.4 is 0 Å². The van der Waals surface area contributed by atoms with Crippen LogP contribution in [0.2, 0.25) is 5.02 Å². The molecule has 0 aliphatic carbocycles. The van der Waals surface area contributed by atoms with Crippen molar-refractivity contribution in [1.29, 1.82) is 0 Å². The van der Waals surface area contributed by atoms with Gasteiger partial charge in [-0.15, -0.1) is 0 Å². The van der Waals surface area contributed by atoms with Crippen LogP contribution in [0.5, 0.6) is 0 Å². The molecule has 0 radical (unpaired) electrons. The maximum atomic E-state index is 12.7. The zero-order valence-electron chi connectivity index (χ0n) is 12.6. The highest BCUT2D eigenvalue weighted by Crippen LogP contribution is 2.35. The third kappa shape index (κ3) is 3.56. The summed E-state index contributed by atoms with van der Waals surface area (Å²) < 4.78 is 39.4. The van der Waals surface area contributed by atoms with Crippen LogP contribution in [-0.2, 0) is 17.5 Å². The van der Waals surface area contributed by atoms with Gasteiger partial charge < -0.3 is 4.90 Å². The smallest absolute Gasteiger partial charge is 0.340 e. The van der Waals surface area contributed by atoms with Gasteiger partial charge in [-0.2, -0.15) is 18.3 Å². The maximum absolute atomic E-state index is 12.7. The molecule has 1 atom stereocenters. The van der Waals surface area contributed by atoms with E-state index >= 15 is 0 Å². The molecule has 4 nitrogen and oxygen atoms in total. The Labute approximate surface area is 132 Å². The Morgan fingerprint density at radius 3 is 2.64 bits per heavy atom. The van der Waals surface area contributed by atoms with Gasteiger partial charge in [-0.25, -0.2) is 0 Å². The van der Waals surface area contributed by atoms with E-state index in [-0.39, 0.29) is 30.6 Å². The zero-order chi connectivity index (χ0) is 16.5. The third-order valence-corrected chi connectivity index (χ3v) is 4.52. The second kappa shape index (κ2) is 6.48. The monoisotopic (exact) mass is 337 g/mol. The van der Waals surface area contributed by atoms with Crippen LogP contribution in [0.25, 0.3) is 0 Å². The number of hydrogen-bond acceptors (Lipinski definition) is 2. The summed E-state index contributed by atoms with van der Waals surface area (Å²) in [6, 6.07) is 0.189. The number of rotatable bonds is 3. The standard InChI is InChI=1S/C14H19ClF3N3O/c1-9-5-3-4-7-20(9)11(22)6-8-21-10(2)12(15)13(19-21)14(16,17)18/h9H,3-8H2,1-2H3/t9-/m1/s1. The summed E-state index contributed by atoms with van der Waals surface area (Å²) in [6.45, 7) is 4.28. The largest absolute Gasteiger partial charge is 0.436 e. The van der Waals surface area contributed by atoms with E-state index < -0.39 is 16.9 Å². The minimum absolute atomic E-state index is 0.0493. The minimum atomic E-state index is -4.58. The number of alkyl halides is 3. The Hall–Kier alpha value is -1.24. The minimum Gasteiger partial charge on any atom is -0.340 e. The highest BCUT2D eigenvalue weighted by atomic mass is 35.5. The molecule has 1 amide bonds. The van der Waals surface area contributed by atoms with Crippen molar-refractivity contribution in [3.05, 3.63) is 16.4 Å². The van der Waals surface area contributed by atoms with Crippen LogP contribution in [-0.4, -0.2) is 33.2 Å². The number of carbonyl (C=O) groups excluding carboxylic acids is 1. The van der Waals surface area contributed by atoms with E-state index in [1.54, 1.807) is 4.90 Å². The van der Waals surface area contributed by atoms with Gasteiger partial charge in [0.05, 0.1) is 17.3 Å². The number of halogens is 4. The van der Waals surface area contributed by atoms with Crippen LogP contribution >= 0.6 is 11.6 Å². The Balaban J connectivity index is 2.04. The first-order valence-electron chi connectivity index (χ1n) is 7.31. The van der Waals surface area contributed by atoms with Crippen LogP contribution in [0.4, 0.5) is 13.2 Å². The van der Waals surface area contributed by atoms with Crippen molar-refractivity contribution >= 4 is 17.5 Å². The summed E-state index contributed by atoms with van der Waals surface area (Å²) in [5.41, 5.74) is -0.862. The molecule has 124 valence electrons. The van der Waals surface area contributed by atoms with Gasteiger partial charge in [0.1, 0.15) is 0 Å². The first-order valence-corrected chi connectivity index (χ1v) is 7.69. The molecule has 1 saturated heterocycles. The molecule has 8 heteroatoms. The quantitative estimate of drug-likeness (QED) is 0.844. The summed E-state index contributed by atoms with van der Waals surface area (Å²) >= 11 is 5.69. The molecule has 0 saturated carbocycles. The molecule has 2 rings (SSSR count). The molecule has 1 aliphatic rings. The summed E-state index contributed by atoms with van der Waals surface area (Å²) in [4.78, 5) is 14.0. The number of likely N-dealkylation sites (tertiary alicyclic amines) is 1. The van der Waals surface area contributed by atoms with E-state index in [4.69, 9.17) is 11.6 Å². The molecule has 0 bridgehead atoms. The molecule has 2 heterocycles. The van der Waals surface area contributed by atoms with Crippen molar-refractivity contribution in [1.82, 2.24) is 14.7 Å². The number of amides is 1. The lowest BCUT2D eigenvalue weighted by atomic mass is 10.0. The van der Waals surface area contributed by atoms with E-state index in [9.17, 15) is 18.0 Å². The fourth-order valence-corrected chi connectivity index (χ4v) is 2.98. The van der Waals surface area contributed by atoms with Crippen LogP contribution in [0.3, 0.4) is 0 Å². The lowest BCUT2D eigenvalue weighted by molar-refractivity contribution is -0.141. The Bertz CT molecular complexity index is 556. The third-order valence-electron chi connectivity index (χ3n) is 4.06. The number of aromatic nitrogens is 2. The molecule has 0 N–H and O–H groups in total. The maximum Gasteiger partial charge on any atom is 0.436 e. The lowest BCUT2D eigenvalue weighted by Crippen LogP contribution is -2.42. The van der Waals surface area contributed by atoms with E-state index in [0.717, 1.165) is 23.9 Å². The lowest BCUT2D eigenvalue weighted by Gasteiger charge is -2.33. The summed E-state index contributed by atoms with van der Waals surface area (Å²) in [5, 5.41) is 3.11. The van der Waals surface area contributed by atoms with Crippen molar-refractivity contribution in [3.63, 3.8) is 0 Å². The molecular formula is C14H19ClF3N3O. The topological polar surface area (TPSA) is 38.1 Å². The second-order valence-corrected chi connectivity index (χ2v) is 6.03. The van der Waals surface area contributed by atoms with Crippen molar-refractivity contribution in [3.8, 4) is 0 Å². The fourth-order valence-electron chi connectivity index (χ4n) is 2.74. The molecule has 0 spiro atoms. The van der Waals surface area contributed by atoms with Crippen molar-refractivity contribution in [2.45, 2.75) is 58.3 Å². The molecule has 22 heavy (non-hydrogen) atoms. The number of piperidine rings is 1. The normalized spacial score (nSPS) is 19.5. The molecule has 1 fully saturated rings.